The zero-order valence-electron chi connectivity index (χ0n) is 22.6. The van der Waals surface area contributed by atoms with Crippen LogP contribution in [0.2, 0.25) is 0 Å². The Morgan fingerprint density at radius 2 is 1.69 bits per heavy atom. The van der Waals surface area contributed by atoms with Gasteiger partial charge in [0.05, 0.1) is 23.4 Å². The molecule has 1 aliphatic rings. The molecule has 2 aromatic rings. The molecule has 1 heterocycles. The number of nitrogens with zero attached hydrogens (tertiary/aromatic N) is 2. The molecule has 0 aromatic heterocycles. The van der Waals surface area contributed by atoms with Gasteiger partial charge in [-0.2, -0.15) is 26.3 Å². The predicted molar refractivity (Wildman–Crippen MR) is 137 cm³/mol. The number of hydrogen-bond donors (Lipinski definition) is 1. The number of amides is 2. The zero-order chi connectivity index (χ0) is 29.3. The van der Waals surface area contributed by atoms with Crippen LogP contribution in [-0.4, -0.2) is 49.1 Å². The van der Waals surface area contributed by atoms with Gasteiger partial charge in [-0.05, 0) is 61.7 Å². The monoisotopic (exact) mass is 557 g/mol. The van der Waals surface area contributed by atoms with E-state index in [0.717, 1.165) is 28.2 Å². The van der Waals surface area contributed by atoms with Gasteiger partial charge in [-0.25, -0.2) is 0 Å². The number of para-hydroxylation sites is 1. The molecule has 1 saturated heterocycles. The molecular formula is C28H33F6N3O2. The quantitative estimate of drug-likeness (QED) is 0.384. The SMILES string of the molecule is CCc1cc(NC(=O)[C@]2(CN(CC)CC(F)(F)F)CN(c3c(C)cccc3C)C(=O)[C@H]2C)cc(C(F)(F)F)c1. The third-order valence-corrected chi connectivity index (χ3v) is 7.41. The van der Waals surface area contributed by atoms with Gasteiger partial charge in [0, 0.05) is 24.5 Å². The van der Waals surface area contributed by atoms with Gasteiger partial charge >= 0.3 is 12.4 Å². The minimum atomic E-state index is -4.66. The van der Waals surface area contributed by atoms with E-state index in [-0.39, 0.29) is 25.2 Å². The van der Waals surface area contributed by atoms with E-state index in [0.29, 0.717) is 11.3 Å². The van der Waals surface area contributed by atoms with Crippen molar-refractivity contribution < 1.29 is 35.9 Å². The Morgan fingerprint density at radius 3 is 2.21 bits per heavy atom. The fourth-order valence-electron chi connectivity index (χ4n) is 5.23. The highest BCUT2D eigenvalue weighted by Gasteiger charge is 2.56. The highest BCUT2D eigenvalue weighted by atomic mass is 19.4. The van der Waals surface area contributed by atoms with Crippen LogP contribution in [0.4, 0.5) is 37.7 Å². The molecule has 0 aliphatic carbocycles. The first-order chi connectivity index (χ1) is 18.0. The van der Waals surface area contributed by atoms with E-state index in [4.69, 9.17) is 0 Å². The first-order valence-corrected chi connectivity index (χ1v) is 12.7. The Balaban J connectivity index is 2.10. The molecule has 0 unspecified atom stereocenters. The molecule has 1 aliphatic heterocycles. The van der Waals surface area contributed by atoms with Crippen molar-refractivity contribution in [1.29, 1.82) is 0 Å². The van der Waals surface area contributed by atoms with Crippen molar-refractivity contribution in [3.8, 4) is 0 Å². The van der Waals surface area contributed by atoms with Gasteiger partial charge in [-0.3, -0.25) is 14.5 Å². The van der Waals surface area contributed by atoms with Crippen LogP contribution in [0.3, 0.4) is 0 Å². The molecule has 1 fully saturated rings. The van der Waals surface area contributed by atoms with Crippen LogP contribution in [0, 0.1) is 25.2 Å². The van der Waals surface area contributed by atoms with Gasteiger partial charge in [-0.15, -0.1) is 0 Å². The molecule has 39 heavy (non-hydrogen) atoms. The molecule has 1 N–H and O–H groups in total. The zero-order valence-corrected chi connectivity index (χ0v) is 22.6. The van der Waals surface area contributed by atoms with Crippen LogP contribution in [-0.2, 0) is 22.2 Å². The number of nitrogens with one attached hydrogen (secondary N) is 1. The minimum Gasteiger partial charge on any atom is -0.325 e. The van der Waals surface area contributed by atoms with Crippen molar-refractivity contribution >= 4 is 23.2 Å². The summed E-state index contributed by atoms with van der Waals surface area (Å²) in [6.45, 7) is 6.26. The summed E-state index contributed by atoms with van der Waals surface area (Å²) in [5.41, 5.74) is -0.362. The van der Waals surface area contributed by atoms with Crippen molar-refractivity contribution in [2.24, 2.45) is 11.3 Å². The van der Waals surface area contributed by atoms with Crippen molar-refractivity contribution in [2.45, 2.75) is 53.4 Å². The number of carbonyl (C=O) groups excluding carboxylic acids is 2. The number of carbonyl (C=O) groups is 2. The highest BCUT2D eigenvalue weighted by molar-refractivity contribution is 6.08. The Labute approximate surface area is 224 Å². The number of aryl methyl sites for hydroxylation is 3. The lowest BCUT2D eigenvalue weighted by atomic mass is 9.77. The van der Waals surface area contributed by atoms with E-state index in [1.165, 1.54) is 24.8 Å². The molecule has 0 bridgehead atoms. The maximum atomic E-state index is 13.9. The van der Waals surface area contributed by atoms with Gasteiger partial charge in [-0.1, -0.05) is 39.0 Å². The minimum absolute atomic E-state index is 0.0532. The van der Waals surface area contributed by atoms with E-state index < -0.39 is 54.2 Å². The fraction of sp³-hybridized carbons (Fsp3) is 0.500. The van der Waals surface area contributed by atoms with Crippen LogP contribution < -0.4 is 10.2 Å². The third-order valence-electron chi connectivity index (χ3n) is 7.41. The second kappa shape index (κ2) is 11.2. The van der Waals surface area contributed by atoms with Crippen LogP contribution in [0.15, 0.2) is 36.4 Å². The molecule has 2 atom stereocenters. The summed E-state index contributed by atoms with van der Waals surface area (Å²) < 4.78 is 80.7. The van der Waals surface area contributed by atoms with Crippen LogP contribution in [0.1, 0.15) is 43.0 Å². The number of anilines is 2. The van der Waals surface area contributed by atoms with E-state index in [1.54, 1.807) is 39.0 Å². The lowest BCUT2D eigenvalue weighted by Crippen LogP contribution is -2.52. The Hall–Kier alpha value is -3.08. The number of halogens is 6. The van der Waals surface area contributed by atoms with E-state index in [2.05, 4.69) is 5.32 Å². The average molecular weight is 558 g/mol. The first kappa shape index (κ1) is 30.5. The van der Waals surface area contributed by atoms with E-state index in [9.17, 15) is 35.9 Å². The molecular weight excluding hydrogens is 524 g/mol. The fourth-order valence-corrected chi connectivity index (χ4v) is 5.23. The van der Waals surface area contributed by atoms with Gasteiger partial charge in [0.2, 0.25) is 11.8 Å². The summed E-state index contributed by atoms with van der Waals surface area (Å²) in [5.74, 6) is -2.29. The summed E-state index contributed by atoms with van der Waals surface area (Å²) >= 11 is 0. The summed E-state index contributed by atoms with van der Waals surface area (Å²) in [6, 6.07) is 8.56. The van der Waals surface area contributed by atoms with Gasteiger partial charge in [0.25, 0.3) is 0 Å². The second-order valence-electron chi connectivity index (χ2n) is 10.2. The second-order valence-corrected chi connectivity index (χ2v) is 10.2. The number of hydrogen-bond acceptors (Lipinski definition) is 3. The molecule has 11 heteroatoms. The molecule has 214 valence electrons. The number of benzene rings is 2. The van der Waals surface area contributed by atoms with Crippen LogP contribution in [0.25, 0.3) is 0 Å². The predicted octanol–water partition coefficient (Wildman–Crippen LogP) is 6.38. The van der Waals surface area contributed by atoms with Crippen molar-refractivity contribution in [3.05, 3.63) is 58.7 Å². The summed E-state index contributed by atoms with van der Waals surface area (Å²) in [4.78, 5) is 30.0. The van der Waals surface area contributed by atoms with Crippen LogP contribution >= 0.6 is 0 Å². The Bertz CT molecular complexity index is 1210. The molecule has 2 amide bonds. The number of alkyl halides is 6. The molecule has 5 nitrogen and oxygen atoms in total. The smallest absolute Gasteiger partial charge is 0.325 e. The lowest BCUT2D eigenvalue weighted by molar-refractivity contribution is -0.152. The third kappa shape index (κ3) is 6.57. The highest BCUT2D eigenvalue weighted by Crippen LogP contribution is 2.43. The standard InChI is InChI=1S/C28H33F6N3O2/c1-6-20-11-21(28(32,33)34)13-22(12-20)35-25(39)26(14-36(7-2)16-27(29,30)31)15-37(24(38)19(26)5)23-17(3)9-8-10-18(23)4/h8-13,19H,6-7,14-16H2,1-5H3,(H,35,39)/t19-,26-/m1/s1. The topological polar surface area (TPSA) is 52.7 Å². The molecule has 0 radical (unpaired) electrons. The van der Waals surface area contributed by atoms with E-state index >= 15 is 0 Å². The normalized spacial score (nSPS) is 20.2. The molecule has 0 spiro atoms. The van der Waals surface area contributed by atoms with Gasteiger partial charge < -0.3 is 10.2 Å². The summed E-state index contributed by atoms with van der Waals surface area (Å²) in [7, 11) is 0. The van der Waals surface area contributed by atoms with Gasteiger partial charge in [0.1, 0.15) is 0 Å². The molecule has 3 rings (SSSR count). The number of rotatable bonds is 8. The van der Waals surface area contributed by atoms with Gasteiger partial charge in [0.15, 0.2) is 0 Å². The molecule has 0 saturated carbocycles. The van der Waals surface area contributed by atoms with Crippen LogP contribution in [0.5, 0.6) is 0 Å². The maximum absolute atomic E-state index is 13.9. The van der Waals surface area contributed by atoms with Crippen molar-refractivity contribution in [2.75, 3.05) is 36.4 Å². The van der Waals surface area contributed by atoms with E-state index in [1.807, 2.05) is 0 Å². The Kier molecular flexibility index (Phi) is 8.74. The summed E-state index contributed by atoms with van der Waals surface area (Å²) in [6.07, 6.45) is -8.95. The average Bonchev–Trinajstić information content (AvgIpc) is 3.07. The Morgan fingerprint density at radius 1 is 1.08 bits per heavy atom. The largest absolute Gasteiger partial charge is 0.416 e. The van der Waals surface area contributed by atoms with Crippen molar-refractivity contribution in [3.63, 3.8) is 0 Å². The van der Waals surface area contributed by atoms with Crippen molar-refractivity contribution in [1.82, 2.24) is 4.90 Å². The first-order valence-electron chi connectivity index (χ1n) is 12.7. The summed E-state index contributed by atoms with van der Waals surface area (Å²) in [5, 5.41) is 2.53. The molecule has 2 aromatic carbocycles. The maximum Gasteiger partial charge on any atom is 0.416 e. The lowest BCUT2D eigenvalue weighted by Gasteiger charge is -2.36.